The van der Waals surface area contributed by atoms with Crippen LogP contribution in [0.4, 0.5) is 0 Å². The van der Waals surface area contributed by atoms with Gasteiger partial charge in [-0.1, -0.05) is 29.8 Å². The van der Waals surface area contributed by atoms with Crippen LogP contribution in [0.15, 0.2) is 42.0 Å². The summed E-state index contributed by atoms with van der Waals surface area (Å²) in [5.74, 6) is 0. The van der Waals surface area contributed by atoms with Crippen LogP contribution < -0.4 is 0 Å². The van der Waals surface area contributed by atoms with Crippen LogP contribution in [-0.2, 0) is 12.8 Å². The average Bonchev–Trinajstić information content (AvgIpc) is 2.99. The van der Waals surface area contributed by atoms with Gasteiger partial charge in [0.25, 0.3) is 0 Å². The van der Waals surface area contributed by atoms with Crippen molar-refractivity contribution in [2.24, 2.45) is 0 Å². The third-order valence-electron chi connectivity index (χ3n) is 3.47. The van der Waals surface area contributed by atoms with Gasteiger partial charge in [0.15, 0.2) is 4.96 Å². The van der Waals surface area contributed by atoms with E-state index in [0.717, 1.165) is 23.5 Å². The fourth-order valence-electron chi connectivity index (χ4n) is 2.31. The minimum absolute atomic E-state index is 0.332. The number of hydrogen-bond donors (Lipinski definition) is 1. The van der Waals surface area contributed by atoms with E-state index >= 15 is 0 Å². The summed E-state index contributed by atoms with van der Waals surface area (Å²) in [6.07, 6.45) is 5.97. The molecule has 104 valence electrons. The fourth-order valence-corrected chi connectivity index (χ4v) is 3.02. The van der Waals surface area contributed by atoms with Crippen molar-refractivity contribution in [2.45, 2.75) is 32.3 Å². The second-order valence-electron chi connectivity index (χ2n) is 5.21. The lowest BCUT2D eigenvalue weighted by atomic mass is 10.0. The number of hydrogen-bond acceptors (Lipinski definition) is 3. The van der Waals surface area contributed by atoms with Crippen LogP contribution in [0.3, 0.4) is 0 Å². The summed E-state index contributed by atoms with van der Waals surface area (Å²) in [6, 6.07) is 8.50. The zero-order valence-electron chi connectivity index (χ0n) is 11.5. The molecule has 0 aliphatic carbocycles. The first-order chi connectivity index (χ1) is 9.70. The molecule has 2 aromatic heterocycles. The monoisotopic (exact) mass is 286 g/mol. The van der Waals surface area contributed by atoms with Gasteiger partial charge in [0, 0.05) is 24.2 Å². The van der Waals surface area contributed by atoms with Crippen molar-refractivity contribution in [3.63, 3.8) is 0 Å². The number of fused-ring (bicyclic) bond motifs is 1. The smallest absolute Gasteiger partial charge is 0.193 e. The van der Waals surface area contributed by atoms with E-state index in [-0.39, 0.29) is 6.10 Å². The molecule has 1 aromatic carbocycles. The maximum absolute atomic E-state index is 10.1. The molecule has 0 saturated heterocycles. The van der Waals surface area contributed by atoms with Crippen LogP contribution in [0.2, 0.25) is 0 Å². The number of aliphatic hydroxyl groups is 1. The maximum atomic E-state index is 10.1. The lowest BCUT2D eigenvalue weighted by Gasteiger charge is -2.09. The largest absolute Gasteiger partial charge is 0.393 e. The number of aryl methyl sites for hydroxylation is 2. The second-order valence-corrected chi connectivity index (χ2v) is 6.08. The first-order valence-electron chi connectivity index (χ1n) is 6.85. The Bertz CT molecular complexity index is 655. The average molecular weight is 286 g/mol. The molecule has 0 radical (unpaired) electrons. The number of nitrogens with zero attached hydrogens (tertiary/aromatic N) is 2. The maximum Gasteiger partial charge on any atom is 0.193 e. The van der Waals surface area contributed by atoms with Gasteiger partial charge in [-0.25, -0.2) is 4.98 Å². The topological polar surface area (TPSA) is 37.5 Å². The summed E-state index contributed by atoms with van der Waals surface area (Å²) in [4.78, 5) is 5.49. The molecule has 20 heavy (non-hydrogen) atoms. The highest BCUT2D eigenvalue weighted by Crippen LogP contribution is 2.14. The molecule has 3 nitrogen and oxygen atoms in total. The van der Waals surface area contributed by atoms with E-state index in [4.69, 9.17) is 0 Å². The number of benzene rings is 1. The van der Waals surface area contributed by atoms with Crippen LogP contribution in [-0.4, -0.2) is 20.6 Å². The number of imidazole rings is 1. The normalized spacial score (nSPS) is 12.9. The summed E-state index contributed by atoms with van der Waals surface area (Å²) >= 11 is 1.62. The fraction of sp³-hybridized carbons (Fsp3) is 0.312. The molecule has 0 aliphatic heterocycles. The molecule has 3 rings (SSSR count). The minimum atomic E-state index is -0.332. The molecule has 3 aromatic rings. The Balaban J connectivity index is 1.55. The molecular weight excluding hydrogens is 268 g/mol. The zero-order valence-corrected chi connectivity index (χ0v) is 12.3. The van der Waals surface area contributed by atoms with E-state index < -0.39 is 0 Å². The molecular formula is C16H18N2OS. The van der Waals surface area contributed by atoms with Gasteiger partial charge >= 0.3 is 0 Å². The quantitative estimate of drug-likeness (QED) is 0.782. The number of aromatic nitrogens is 2. The number of rotatable bonds is 5. The standard InChI is InChI=1S/C16H18N2OS/c1-12-2-4-13(5-3-12)6-7-15(19)10-14-11-18-8-9-20-16(18)17-14/h2-5,8-9,11,15,19H,6-7,10H2,1H3. The summed E-state index contributed by atoms with van der Waals surface area (Å²) in [6.45, 7) is 2.09. The van der Waals surface area contributed by atoms with Gasteiger partial charge in [-0.2, -0.15) is 0 Å². The molecule has 0 amide bonds. The predicted molar refractivity (Wildman–Crippen MR) is 82.3 cm³/mol. The molecule has 0 saturated carbocycles. The highest BCUT2D eigenvalue weighted by atomic mass is 32.1. The van der Waals surface area contributed by atoms with Crippen molar-refractivity contribution < 1.29 is 5.11 Å². The van der Waals surface area contributed by atoms with Gasteiger partial charge in [-0.05, 0) is 25.3 Å². The third-order valence-corrected chi connectivity index (χ3v) is 4.25. The summed E-state index contributed by atoms with van der Waals surface area (Å²) < 4.78 is 2.01. The van der Waals surface area contributed by atoms with Crippen molar-refractivity contribution in [3.8, 4) is 0 Å². The summed E-state index contributed by atoms with van der Waals surface area (Å²) in [5.41, 5.74) is 3.51. The number of thiazole rings is 1. The molecule has 2 heterocycles. The molecule has 0 aliphatic rings. The van der Waals surface area contributed by atoms with Crippen LogP contribution in [0, 0.1) is 6.92 Å². The van der Waals surface area contributed by atoms with Crippen LogP contribution in [0.5, 0.6) is 0 Å². The first-order valence-corrected chi connectivity index (χ1v) is 7.73. The highest BCUT2D eigenvalue weighted by Gasteiger charge is 2.09. The molecule has 0 fully saturated rings. The van der Waals surface area contributed by atoms with Crippen LogP contribution in [0.25, 0.3) is 4.96 Å². The Morgan fingerprint density at radius 3 is 2.85 bits per heavy atom. The van der Waals surface area contributed by atoms with Gasteiger partial charge in [0.2, 0.25) is 0 Å². The van der Waals surface area contributed by atoms with E-state index in [2.05, 4.69) is 36.2 Å². The molecule has 0 spiro atoms. The highest BCUT2D eigenvalue weighted by molar-refractivity contribution is 7.15. The Morgan fingerprint density at radius 1 is 1.30 bits per heavy atom. The molecule has 1 atom stereocenters. The first kappa shape index (κ1) is 13.3. The van der Waals surface area contributed by atoms with E-state index in [9.17, 15) is 5.11 Å². The lowest BCUT2D eigenvalue weighted by Crippen LogP contribution is -2.11. The van der Waals surface area contributed by atoms with Gasteiger partial charge in [0.1, 0.15) is 0 Å². The van der Waals surface area contributed by atoms with Crippen molar-refractivity contribution in [1.82, 2.24) is 9.38 Å². The molecule has 1 N–H and O–H groups in total. The van der Waals surface area contributed by atoms with Crippen molar-refractivity contribution in [1.29, 1.82) is 0 Å². The van der Waals surface area contributed by atoms with E-state index in [1.807, 2.05) is 22.2 Å². The minimum Gasteiger partial charge on any atom is -0.393 e. The van der Waals surface area contributed by atoms with Gasteiger partial charge in [-0.15, -0.1) is 11.3 Å². The van der Waals surface area contributed by atoms with Crippen LogP contribution in [0.1, 0.15) is 23.2 Å². The molecule has 4 heteroatoms. The van der Waals surface area contributed by atoms with Crippen molar-refractivity contribution in [2.75, 3.05) is 0 Å². The Labute approximate surface area is 122 Å². The number of aliphatic hydroxyl groups excluding tert-OH is 1. The summed E-state index contributed by atoms with van der Waals surface area (Å²) in [5, 5.41) is 12.1. The van der Waals surface area contributed by atoms with Gasteiger partial charge < -0.3 is 5.11 Å². The van der Waals surface area contributed by atoms with E-state index in [1.165, 1.54) is 11.1 Å². The zero-order chi connectivity index (χ0) is 13.9. The Hall–Kier alpha value is -1.65. The predicted octanol–water partition coefficient (Wildman–Crippen LogP) is 3.24. The summed E-state index contributed by atoms with van der Waals surface area (Å²) in [7, 11) is 0. The third kappa shape index (κ3) is 3.08. The van der Waals surface area contributed by atoms with Crippen molar-refractivity contribution in [3.05, 3.63) is 58.9 Å². The van der Waals surface area contributed by atoms with E-state index in [1.54, 1.807) is 11.3 Å². The Kier molecular flexibility index (Phi) is 3.85. The van der Waals surface area contributed by atoms with E-state index in [0.29, 0.717) is 6.42 Å². The SMILES string of the molecule is Cc1ccc(CCC(O)Cc2cn3ccsc3n2)cc1. The van der Waals surface area contributed by atoms with Gasteiger partial charge in [0.05, 0.1) is 11.8 Å². The second kappa shape index (κ2) is 5.77. The van der Waals surface area contributed by atoms with Gasteiger partial charge in [-0.3, -0.25) is 4.40 Å². The van der Waals surface area contributed by atoms with Crippen LogP contribution >= 0.6 is 11.3 Å². The van der Waals surface area contributed by atoms with Crippen molar-refractivity contribution >= 4 is 16.3 Å². The molecule has 1 unspecified atom stereocenters. The molecule has 0 bridgehead atoms. The lowest BCUT2D eigenvalue weighted by molar-refractivity contribution is 0.164. The Morgan fingerprint density at radius 2 is 2.10 bits per heavy atom.